The van der Waals surface area contributed by atoms with Crippen LogP contribution in [-0.2, 0) is 6.54 Å². The molecule has 0 aromatic carbocycles. The number of aromatic nitrogens is 3. The van der Waals surface area contributed by atoms with Gasteiger partial charge >= 0.3 is 5.69 Å². The van der Waals surface area contributed by atoms with Gasteiger partial charge in [-0.1, -0.05) is 0 Å². The molecule has 0 atom stereocenters. The van der Waals surface area contributed by atoms with Crippen molar-refractivity contribution < 1.29 is 0 Å². The van der Waals surface area contributed by atoms with Gasteiger partial charge in [0.05, 0.1) is 10.9 Å². The van der Waals surface area contributed by atoms with E-state index in [1.54, 1.807) is 13.0 Å². The summed E-state index contributed by atoms with van der Waals surface area (Å²) in [5.41, 5.74) is -0.143. The molecule has 0 aliphatic rings. The molecule has 5 nitrogen and oxygen atoms in total. The average Bonchev–Trinajstić information content (AvgIpc) is 2.18. The molecule has 1 N–H and O–H groups in total. The second-order valence-electron chi connectivity index (χ2n) is 2.90. The molecule has 0 radical (unpaired) electrons. The molecule has 14 heavy (non-hydrogen) atoms. The summed E-state index contributed by atoms with van der Waals surface area (Å²) in [4.78, 5) is 29.5. The Hall–Kier alpha value is -1.91. The third-order valence-corrected chi connectivity index (χ3v) is 2.10. The van der Waals surface area contributed by atoms with Crippen LogP contribution in [0, 0.1) is 0 Å². The van der Waals surface area contributed by atoms with Crippen molar-refractivity contribution in [1.29, 1.82) is 0 Å². The number of hydrogen-bond donors (Lipinski definition) is 1. The maximum atomic E-state index is 11.7. The van der Waals surface area contributed by atoms with Crippen LogP contribution < -0.4 is 11.2 Å². The van der Waals surface area contributed by atoms with Gasteiger partial charge < -0.3 is 4.98 Å². The molecule has 5 heteroatoms. The van der Waals surface area contributed by atoms with Crippen LogP contribution in [0.1, 0.15) is 6.92 Å². The lowest BCUT2D eigenvalue weighted by molar-refractivity contribution is 0.684. The van der Waals surface area contributed by atoms with Gasteiger partial charge in [-0.05, 0) is 13.0 Å². The van der Waals surface area contributed by atoms with Crippen LogP contribution in [0.4, 0.5) is 0 Å². The third kappa shape index (κ3) is 1.14. The van der Waals surface area contributed by atoms with E-state index in [-0.39, 0.29) is 11.2 Å². The number of rotatable bonds is 1. The van der Waals surface area contributed by atoms with Gasteiger partial charge in [-0.15, -0.1) is 0 Å². The molecule has 2 aromatic rings. The molecule has 72 valence electrons. The van der Waals surface area contributed by atoms with E-state index in [0.717, 1.165) is 4.57 Å². The zero-order chi connectivity index (χ0) is 10.1. The first-order valence-corrected chi connectivity index (χ1v) is 4.31. The standard InChI is InChI=1S/C9H9N3O2/c1-2-12-8(13)6-5-10-4-3-7(6)11-9(12)14/h3-5H,2H2,1H3,(H,11,14). The van der Waals surface area contributed by atoms with Crippen molar-refractivity contribution in [3.63, 3.8) is 0 Å². The molecule has 2 rings (SSSR count). The monoisotopic (exact) mass is 191 g/mol. The molecule has 0 bridgehead atoms. The van der Waals surface area contributed by atoms with Crippen molar-refractivity contribution in [3.05, 3.63) is 39.3 Å². The van der Waals surface area contributed by atoms with E-state index in [0.29, 0.717) is 17.4 Å². The fourth-order valence-electron chi connectivity index (χ4n) is 1.38. The van der Waals surface area contributed by atoms with Crippen molar-refractivity contribution in [2.45, 2.75) is 13.5 Å². The summed E-state index contributed by atoms with van der Waals surface area (Å²) in [6.45, 7) is 2.11. The van der Waals surface area contributed by atoms with E-state index in [9.17, 15) is 9.59 Å². The molecule has 0 aliphatic carbocycles. The van der Waals surface area contributed by atoms with Crippen molar-refractivity contribution in [1.82, 2.24) is 14.5 Å². The number of fused-ring (bicyclic) bond motifs is 1. The first kappa shape index (κ1) is 8.68. The van der Waals surface area contributed by atoms with Crippen LogP contribution >= 0.6 is 0 Å². The molecular weight excluding hydrogens is 182 g/mol. The summed E-state index contributed by atoms with van der Waals surface area (Å²) in [5, 5.41) is 0.439. The normalized spacial score (nSPS) is 10.6. The number of pyridine rings is 1. The first-order chi connectivity index (χ1) is 6.74. The SMILES string of the molecule is CCn1c(=O)[nH]c2ccncc2c1=O. The number of H-pyrrole nitrogens is 1. The molecule has 0 unspecified atom stereocenters. The van der Waals surface area contributed by atoms with Gasteiger partial charge in [-0.25, -0.2) is 4.79 Å². The average molecular weight is 191 g/mol. The van der Waals surface area contributed by atoms with E-state index in [2.05, 4.69) is 9.97 Å². The molecule has 0 saturated heterocycles. The first-order valence-electron chi connectivity index (χ1n) is 4.31. The molecule has 2 heterocycles. The van der Waals surface area contributed by atoms with Crippen LogP contribution in [-0.4, -0.2) is 14.5 Å². The summed E-state index contributed by atoms with van der Waals surface area (Å²) in [5.74, 6) is 0. The van der Waals surface area contributed by atoms with E-state index in [1.165, 1.54) is 12.4 Å². The van der Waals surface area contributed by atoms with E-state index >= 15 is 0 Å². The fourth-order valence-corrected chi connectivity index (χ4v) is 1.38. The van der Waals surface area contributed by atoms with Gasteiger partial charge in [0.15, 0.2) is 0 Å². The van der Waals surface area contributed by atoms with Gasteiger partial charge in [-0.3, -0.25) is 14.3 Å². The Morgan fingerprint density at radius 3 is 3.00 bits per heavy atom. The number of nitrogens with one attached hydrogen (secondary N) is 1. The Morgan fingerprint density at radius 1 is 1.50 bits per heavy atom. The third-order valence-electron chi connectivity index (χ3n) is 2.10. The van der Waals surface area contributed by atoms with Gasteiger partial charge in [0, 0.05) is 18.9 Å². The Morgan fingerprint density at radius 2 is 2.29 bits per heavy atom. The number of nitrogens with zero attached hydrogens (tertiary/aromatic N) is 2. The van der Waals surface area contributed by atoms with Crippen LogP contribution in [0.15, 0.2) is 28.0 Å². The molecule has 0 aliphatic heterocycles. The molecule has 0 fully saturated rings. The summed E-state index contributed by atoms with van der Waals surface area (Å²) in [6.07, 6.45) is 2.99. The van der Waals surface area contributed by atoms with Crippen molar-refractivity contribution >= 4 is 10.9 Å². The minimum atomic E-state index is -0.379. The Kier molecular flexibility index (Phi) is 1.92. The second kappa shape index (κ2) is 3.10. The van der Waals surface area contributed by atoms with Crippen LogP contribution in [0.3, 0.4) is 0 Å². The van der Waals surface area contributed by atoms with Crippen molar-refractivity contribution in [2.24, 2.45) is 0 Å². The van der Waals surface area contributed by atoms with Gasteiger partial charge in [0.2, 0.25) is 0 Å². The maximum absolute atomic E-state index is 11.7. The van der Waals surface area contributed by atoms with Crippen molar-refractivity contribution in [3.8, 4) is 0 Å². The molecule has 0 spiro atoms. The smallest absolute Gasteiger partial charge is 0.307 e. The van der Waals surface area contributed by atoms with E-state index in [4.69, 9.17) is 0 Å². The van der Waals surface area contributed by atoms with Gasteiger partial charge in [0.25, 0.3) is 5.56 Å². The largest absolute Gasteiger partial charge is 0.328 e. The highest BCUT2D eigenvalue weighted by atomic mass is 16.2. The van der Waals surface area contributed by atoms with Crippen molar-refractivity contribution in [2.75, 3.05) is 0 Å². The lowest BCUT2D eigenvalue weighted by Gasteiger charge is -2.01. The van der Waals surface area contributed by atoms with E-state index in [1.807, 2.05) is 0 Å². The lowest BCUT2D eigenvalue weighted by Crippen LogP contribution is -2.34. The van der Waals surface area contributed by atoms with Crippen LogP contribution in [0.2, 0.25) is 0 Å². The minimum Gasteiger partial charge on any atom is -0.307 e. The van der Waals surface area contributed by atoms with Gasteiger partial charge in [-0.2, -0.15) is 0 Å². The molecular formula is C9H9N3O2. The topological polar surface area (TPSA) is 67.8 Å². The number of hydrogen-bond acceptors (Lipinski definition) is 3. The second-order valence-corrected chi connectivity index (χ2v) is 2.90. The molecule has 0 saturated carbocycles. The summed E-state index contributed by atoms with van der Waals surface area (Å²) >= 11 is 0. The summed E-state index contributed by atoms with van der Waals surface area (Å²) in [6, 6.07) is 1.61. The zero-order valence-electron chi connectivity index (χ0n) is 7.65. The highest BCUT2D eigenvalue weighted by Gasteiger charge is 2.04. The Bertz CT molecular complexity index is 582. The predicted octanol–water partition coefficient (Wildman–Crippen LogP) is 0.105. The quantitative estimate of drug-likeness (QED) is 0.695. The summed E-state index contributed by atoms with van der Waals surface area (Å²) in [7, 11) is 0. The predicted molar refractivity (Wildman–Crippen MR) is 52.3 cm³/mol. The van der Waals surface area contributed by atoms with E-state index < -0.39 is 0 Å². The zero-order valence-corrected chi connectivity index (χ0v) is 7.65. The highest BCUT2D eigenvalue weighted by Crippen LogP contribution is 1.99. The fraction of sp³-hybridized carbons (Fsp3) is 0.222. The Labute approximate surface area is 79.0 Å². The van der Waals surface area contributed by atoms with Crippen LogP contribution in [0.5, 0.6) is 0 Å². The molecule has 0 amide bonds. The number of aromatic amines is 1. The lowest BCUT2D eigenvalue weighted by atomic mass is 10.3. The maximum Gasteiger partial charge on any atom is 0.328 e. The van der Waals surface area contributed by atoms with Gasteiger partial charge in [0.1, 0.15) is 0 Å². The summed E-state index contributed by atoms with van der Waals surface area (Å²) < 4.78 is 1.14. The van der Waals surface area contributed by atoms with Crippen LogP contribution in [0.25, 0.3) is 10.9 Å². The molecule has 2 aromatic heterocycles. The highest BCUT2D eigenvalue weighted by molar-refractivity contribution is 5.75. The minimum absolute atomic E-state index is 0.292. The Balaban J connectivity index is 3.01.